The predicted molar refractivity (Wildman–Crippen MR) is 74.2 cm³/mol. The van der Waals surface area contributed by atoms with E-state index in [2.05, 4.69) is 5.10 Å². The lowest BCUT2D eigenvalue weighted by atomic mass is 10.1. The van der Waals surface area contributed by atoms with Gasteiger partial charge in [-0.15, -0.1) is 5.10 Å². The minimum atomic E-state index is 0.102. The first-order valence-electron chi connectivity index (χ1n) is 5.95. The highest BCUT2D eigenvalue weighted by molar-refractivity contribution is 6.30. The van der Waals surface area contributed by atoms with Gasteiger partial charge in [-0.1, -0.05) is 23.7 Å². The molecule has 0 bridgehead atoms. The van der Waals surface area contributed by atoms with Gasteiger partial charge in [0.25, 0.3) is 0 Å². The molecule has 0 radical (unpaired) electrons. The smallest absolute Gasteiger partial charge is 0.241 e. The standard InChI is InChI=1S/C14H17ClN2O/c1-9(2)18-14-13(10(3)17(4)16-14)11-5-7-12(15)8-6-11/h5-9H,1-4H3. The lowest BCUT2D eigenvalue weighted by Crippen LogP contribution is -2.07. The van der Waals surface area contributed by atoms with E-state index in [0.717, 1.165) is 21.8 Å². The SMILES string of the molecule is Cc1c(-c2ccc(Cl)cc2)c(OC(C)C)nn1C. The molecule has 0 saturated carbocycles. The molecule has 3 nitrogen and oxygen atoms in total. The van der Waals surface area contributed by atoms with E-state index in [1.165, 1.54) is 0 Å². The van der Waals surface area contributed by atoms with Crippen LogP contribution >= 0.6 is 11.6 Å². The zero-order valence-electron chi connectivity index (χ0n) is 11.1. The topological polar surface area (TPSA) is 27.1 Å². The fourth-order valence-corrected chi connectivity index (χ4v) is 1.96. The van der Waals surface area contributed by atoms with Crippen molar-refractivity contribution in [1.82, 2.24) is 9.78 Å². The monoisotopic (exact) mass is 264 g/mol. The molecule has 0 amide bonds. The molecule has 2 aromatic rings. The van der Waals surface area contributed by atoms with Crippen LogP contribution in [0.3, 0.4) is 0 Å². The molecule has 0 saturated heterocycles. The molecular formula is C14H17ClN2O. The quantitative estimate of drug-likeness (QED) is 0.842. The Kier molecular flexibility index (Phi) is 3.62. The first-order valence-corrected chi connectivity index (χ1v) is 6.33. The second-order valence-electron chi connectivity index (χ2n) is 4.56. The van der Waals surface area contributed by atoms with Crippen molar-refractivity contribution in [1.29, 1.82) is 0 Å². The maximum absolute atomic E-state index is 5.92. The molecule has 0 fully saturated rings. The van der Waals surface area contributed by atoms with Gasteiger partial charge in [0.2, 0.25) is 5.88 Å². The Morgan fingerprint density at radius 1 is 1.22 bits per heavy atom. The first kappa shape index (κ1) is 13.0. The molecule has 2 rings (SSSR count). The predicted octanol–water partition coefficient (Wildman–Crippen LogP) is 3.84. The molecule has 18 heavy (non-hydrogen) atoms. The summed E-state index contributed by atoms with van der Waals surface area (Å²) < 4.78 is 7.60. The fourth-order valence-electron chi connectivity index (χ4n) is 1.83. The molecule has 1 aromatic carbocycles. The highest BCUT2D eigenvalue weighted by atomic mass is 35.5. The van der Waals surface area contributed by atoms with Crippen LogP contribution in [-0.4, -0.2) is 15.9 Å². The molecule has 0 aliphatic heterocycles. The molecule has 0 unspecified atom stereocenters. The molecule has 0 N–H and O–H groups in total. The van der Waals surface area contributed by atoms with E-state index >= 15 is 0 Å². The van der Waals surface area contributed by atoms with E-state index in [-0.39, 0.29) is 6.10 Å². The van der Waals surface area contributed by atoms with Crippen LogP contribution in [0.4, 0.5) is 0 Å². The Hall–Kier alpha value is -1.48. The van der Waals surface area contributed by atoms with E-state index in [1.54, 1.807) is 0 Å². The van der Waals surface area contributed by atoms with Crippen molar-refractivity contribution in [3.8, 4) is 17.0 Å². The fraction of sp³-hybridized carbons (Fsp3) is 0.357. The number of ether oxygens (including phenoxy) is 1. The third-order valence-corrected chi connectivity index (χ3v) is 3.03. The molecular weight excluding hydrogens is 248 g/mol. The Morgan fingerprint density at radius 2 is 1.83 bits per heavy atom. The average Bonchev–Trinajstić information content (AvgIpc) is 2.55. The van der Waals surface area contributed by atoms with Gasteiger partial charge in [-0.3, -0.25) is 4.68 Å². The second kappa shape index (κ2) is 5.02. The number of halogens is 1. The first-order chi connectivity index (χ1) is 8.49. The second-order valence-corrected chi connectivity index (χ2v) is 5.00. The van der Waals surface area contributed by atoms with Crippen LogP contribution in [0.1, 0.15) is 19.5 Å². The van der Waals surface area contributed by atoms with Crippen molar-refractivity contribution >= 4 is 11.6 Å². The van der Waals surface area contributed by atoms with Crippen LogP contribution in [0.5, 0.6) is 5.88 Å². The minimum absolute atomic E-state index is 0.102. The number of nitrogens with zero attached hydrogens (tertiary/aromatic N) is 2. The number of hydrogen-bond acceptors (Lipinski definition) is 2. The Morgan fingerprint density at radius 3 is 2.39 bits per heavy atom. The third-order valence-electron chi connectivity index (χ3n) is 2.78. The normalized spacial score (nSPS) is 11.0. The van der Waals surface area contributed by atoms with Crippen LogP contribution < -0.4 is 4.74 Å². The van der Waals surface area contributed by atoms with Gasteiger partial charge in [0.1, 0.15) is 0 Å². The lowest BCUT2D eigenvalue weighted by molar-refractivity contribution is 0.231. The molecule has 1 heterocycles. The zero-order valence-corrected chi connectivity index (χ0v) is 11.8. The summed E-state index contributed by atoms with van der Waals surface area (Å²) in [6, 6.07) is 7.73. The summed E-state index contributed by atoms with van der Waals surface area (Å²) in [5.41, 5.74) is 3.18. The van der Waals surface area contributed by atoms with Crippen LogP contribution in [0, 0.1) is 6.92 Å². The van der Waals surface area contributed by atoms with E-state index in [9.17, 15) is 0 Å². The highest BCUT2D eigenvalue weighted by Gasteiger charge is 2.17. The summed E-state index contributed by atoms with van der Waals surface area (Å²) in [6.07, 6.45) is 0.102. The lowest BCUT2D eigenvalue weighted by Gasteiger charge is -2.09. The van der Waals surface area contributed by atoms with Gasteiger partial charge in [0, 0.05) is 17.8 Å². The van der Waals surface area contributed by atoms with Crippen molar-refractivity contribution < 1.29 is 4.74 Å². The molecule has 0 aliphatic rings. The molecule has 4 heteroatoms. The summed E-state index contributed by atoms with van der Waals surface area (Å²) >= 11 is 5.92. The van der Waals surface area contributed by atoms with Crippen molar-refractivity contribution in [2.45, 2.75) is 26.9 Å². The molecule has 0 aliphatic carbocycles. The summed E-state index contributed by atoms with van der Waals surface area (Å²) in [5, 5.41) is 5.14. The Balaban J connectivity index is 2.51. The van der Waals surface area contributed by atoms with Gasteiger partial charge < -0.3 is 4.74 Å². The van der Waals surface area contributed by atoms with E-state index in [1.807, 2.05) is 56.8 Å². The largest absolute Gasteiger partial charge is 0.473 e. The van der Waals surface area contributed by atoms with Crippen LogP contribution in [0.2, 0.25) is 5.02 Å². The number of benzene rings is 1. The van der Waals surface area contributed by atoms with E-state index < -0.39 is 0 Å². The summed E-state index contributed by atoms with van der Waals surface area (Å²) in [7, 11) is 1.92. The minimum Gasteiger partial charge on any atom is -0.473 e. The van der Waals surface area contributed by atoms with Gasteiger partial charge in [0.15, 0.2) is 0 Å². The van der Waals surface area contributed by atoms with Crippen molar-refractivity contribution in [2.75, 3.05) is 0 Å². The zero-order chi connectivity index (χ0) is 13.3. The highest BCUT2D eigenvalue weighted by Crippen LogP contribution is 2.33. The van der Waals surface area contributed by atoms with Gasteiger partial charge in [-0.25, -0.2) is 0 Å². The van der Waals surface area contributed by atoms with Gasteiger partial charge in [0.05, 0.1) is 11.7 Å². The van der Waals surface area contributed by atoms with Gasteiger partial charge in [-0.2, -0.15) is 0 Å². The molecule has 1 aromatic heterocycles. The maximum atomic E-state index is 5.92. The third kappa shape index (κ3) is 2.51. The maximum Gasteiger partial charge on any atom is 0.241 e. The Bertz CT molecular complexity index is 544. The van der Waals surface area contributed by atoms with E-state index in [4.69, 9.17) is 16.3 Å². The number of hydrogen-bond donors (Lipinski definition) is 0. The number of aryl methyl sites for hydroxylation is 1. The van der Waals surface area contributed by atoms with Crippen LogP contribution in [-0.2, 0) is 7.05 Å². The number of aromatic nitrogens is 2. The van der Waals surface area contributed by atoms with Crippen molar-refractivity contribution in [3.05, 3.63) is 35.0 Å². The van der Waals surface area contributed by atoms with E-state index in [0.29, 0.717) is 5.88 Å². The summed E-state index contributed by atoms with van der Waals surface area (Å²) in [6.45, 7) is 6.02. The summed E-state index contributed by atoms with van der Waals surface area (Å²) in [4.78, 5) is 0. The Labute approximate surface area is 112 Å². The molecule has 96 valence electrons. The number of rotatable bonds is 3. The molecule has 0 spiro atoms. The molecule has 0 atom stereocenters. The van der Waals surface area contributed by atoms with Crippen molar-refractivity contribution in [3.63, 3.8) is 0 Å². The van der Waals surface area contributed by atoms with Crippen molar-refractivity contribution in [2.24, 2.45) is 7.05 Å². The average molecular weight is 265 g/mol. The van der Waals surface area contributed by atoms with Gasteiger partial charge >= 0.3 is 0 Å². The van der Waals surface area contributed by atoms with Gasteiger partial charge in [-0.05, 0) is 38.5 Å². The summed E-state index contributed by atoms with van der Waals surface area (Å²) in [5.74, 6) is 0.673. The van der Waals surface area contributed by atoms with Crippen LogP contribution in [0.25, 0.3) is 11.1 Å². The van der Waals surface area contributed by atoms with Crippen LogP contribution in [0.15, 0.2) is 24.3 Å².